The molecule has 1 aliphatic carbocycles. The standard InChI is InChI=1S/C12H12O2/c13-7-8-3-1-5-10-9-4-2-6-11(9)14-12(8)10/h1-5,9,11,13H,6-7H2. The van der Waals surface area contributed by atoms with Crippen LogP contribution in [-0.4, -0.2) is 11.2 Å². The molecule has 1 aromatic carbocycles. The van der Waals surface area contributed by atoms with Crippen molar-refractivity contribution in [2.75, 3.05) is 0 Å². The second-order valence-corrected chi connectivity index (χ2v) is 3.84. The Morgan fingerprint density at radius 1 is 1.43 bits per heavy atom. The molecule has 0 saturated heterocycles. The fourth-order valence-corrected chi connectivity index (χ4v) is 2.34. The molecule has 2 nitrogen and oxygen atoms in total. The molecule has 72 valence electrons. The van der Waals surface area contributed by atoms with Crippen LogP contribution in [0.25, 0.3) is 0 Å². The molecule has 2 unspecified atom stereocenters. The third kappa shape index (κ3) is 0.946. The Labute approximate surface area is 82.8 Å². The van der Waals surface area contributed by atoms with Crippen molar-refractivity contribution in [2.24, 2.45) is 0 Å². The number of aliphatic hydroxyl groups is 1. The Hall–Kier alpha value is -1.28. The molecule has 1 aromatic rings. The summed E-state index contributed by atoms with van der Waals surface area (Å²) in [7, 11) is 0. The fourth-order valence-electron chi connectivity index (χ4n) is 2.34. The minimum Gasteiger partial charge on any atom is -0.488 e. The average Bonchev–Trinajstić information content (AvgIpc) is 2.76. The predicted molar refractivity (Wildman–Crippen MR) is 53.3 cm³/mol. The molecular weight excluding hydrogens is 176 g/mol. The highest BCUT2D eigenvalue weighted by atomic mass is 16.5. The highest BCUT2D eigenvalue weighted by Gasteiger charge is 2.35. The fraction of sp³-hybridized carbons (Fsp3) is 0.333. The van der Waals surface area contributed by atoms with E-state index >= 15 is 0 Å². The lowest BCUT2D eigenvalue weighted by Crippen LogP contribution is -2.11. The Balaban J connectivity index is 2.12. The molecule has 0 saturated carbocycles. The minimum atomic E-state index is 0.0618. The van der Waals surface area contributed by atoms with Gasteiger partial charge in [-0.2, -0.15) is 0 Å². The number of hydrogen-bond acceptors (Lipinski definition) is 2. The third-order valence-electron chi connectivity index (χ3n) is 3.04. The van der Waals surface area contributed by atoms with Crippen molar-refractivity contribution in [3.05, 3.63) is 41.5 Å². The molecule has 2 aliphatic rings. The van der Waals surface area contributed by atoms with Crippen molar-refractivity contribution in [2.45, 2.75) is 25.0 Å². The quantitative estimate of drug-likeness (QED) is 0.683. The Morgan fingerprint density at radius 2 is 2.36 bits per heavy atom. The average molecular weight is 188 g/mol. The van der Waals surface area contributed by atoms with Gasteiger partial charge in [0, 0.05) is 23.5 Å². The van der Waals surface area contributed by atoms with Crippen LogP contribution in [0.4, 0.5) is 0 Å². The zero-order valence-electron chi connectivity index (χ0n) is 7.81. The Morgan fingerprint density at radius 3 is 3.21 bits per heavy atom. The van der Waals surface area contributed by atoms with Crippen LogP contribution in [0, 0.1) is 0 Å². The smallest absolute Gasteiger partial charge is 0.129 e. The first-order valence-corrected chi connectivity index (χ1v) is 4.96. The molecule has 0 spiro atoms. The lowest BCUT2D eigenvalue weighted by molar-refractivity contribution is 0.220. The van der Waals surface area contributed by atoms with Crippen molar-refractivity contribution in [1.29, 1.82) is 0 Å². The van der Waals surface area contributed by atoms with Crippen LogP contribution >= 0.6 is 0 Å². The molecule has 1 aliphatic heterocycles. The molecule has 3 rings (SSSR count). The van der Waals surface area contributed by atoms with Crippen molar-refractivity contribution < 1.29 is 9.84 Å². The molecule has 2 heteroatoms. The summed E-state index contributed by atoms with van der Waals surface area (Å²) in [5.74, 6) is 1.32. The van der Waals surface area contributed by atoms with Gasteiger partial charge in [-0.05, 0) is 0 Å². The van der Waals surface area contributed by atoms with E-state index in [2.05, 4.69) is 18.2 Å². The SMILES string of the molecule is OCc1cccc2c1OC1CC=CC21. The third-order valence-corrected chi connectivity index (χ3v) is 3.04. The number of para-hydroxylation sites is 1. The zero-order valence-corrected chi connectivity index (χ0v) is 7.81. The van der Waals surface area contributed by atoms with Gasteiger partial charge in [-0.25, -0.2) is 0 Å². The first kappa shape index (κ1) is 8.06. The number of rotatable bonds is 1. The summed E-state index contributed by atoms with van der Waals surface area (Å²) in [5, 5.41) is 9.17. The van der Waals surface area contributed by atoms with Crippen molar-refractivity contribution in [3.8, 4) is 5.75 Å². The predicted octanol–water partition coefficient (Wildman–Crippen LogP) is 1.98. The molecular formula is C12H12O2. The van der Waals surface area contributed by atoms with Gasteiger partial charge in [-0.15, -0.1) is 0 Å². The van der Waals surface area contributed by atoms with Gasteiger partial charge in [-0.3, -0.25) is 0 Å². The molecule has 1 heterocycles. The summed E-state index contributed by atoms with van der Waals surface area (Å²) in [4.78, 5) is 0. The molecule has 0 radical (unpaired) electrons. The number of fused-ring (bicyclic) bond motifs is 3. The normalized spacial score (nSPS) is 27.2. The van der Waals surface area contributed by atoms with Crippen LogP contribution < -0.4 is 4.74 Å². The van der Waals surface area contributed by atoms with E-state index < -0.39 is 0 Å². The summed E-state index contributed by atoms with van der Waals surface area (Å²) in [6.45, 7) is 0.0618. The summed E-state index contributed by atoms with van der Waals surface area (Å²) in [6.07, 6.45) is 5.64. The number of hydrogen-bond donors (Lipinski definition) is 1. The Kier molecular flexibility index (Phi) is 1.64. The van der Waals surface area contributed by atoms with E-state index in [1.54, 1.807) is 0 Å². The summed E-state index contributed by atoms with van der Waals surface area (Å²) in [5.41, 5.74) is 2.14. The largest absolute Gasteiger partial charge is 0.488 e. The molecule has 0 amide bonds. The van der Waals surface area contributed by atoms with Crippen LogP contribution in [0.2, 0.25) is 0 Å². The first-order chi connectivity index (χ1) is 6.90. The zero-order chi connectivity index (χ0) is 9.54. The van der Waals surface area contributed by atoms with Crippen LogP contribution in [0.15, 0.2) is 30.4 Å². The summed E-state index contributed by atoms with van der Waals surface area (Å²) >= 11 is 0. The lowest BCUT2D eigenvalue weighted by Gasteiger charge is -2.08. The van der Waals surface area contributed by atoms with E-state index in [0.717, 1.165) is 17.7 Å². The maximum absolute atomic E-state index is 9.17. The molecule has 2 atom stereocenters. The minimum absolute atomic E-state index is 0.0618. The highest BCUT2D eigenvalue weighted by molar-refractivity contribution is 5.50. The van der Waals surface area contributed by atoms with Crippen LogP contribution in [0.3, 0.4) is 0 Å². The van der Waals surface area contributed by atoms with Gasteiger partial charge in [0.2, 0.25) is 0 Å². The lowest BCUT2D eigenvalue weighted by atomic mass is 9.97. The molecule has 14 heavy (non-hydrogen) atoms. The monoisotopic (exact) mass is 188 g/mol. The van der Waals surface area contributed by atoms with Gasteiger partial charge in [0.05, 0.1) is 6.61 Å². The highest BCUT2D eigenvalue weighted by Crippen LogP contribution is 2.45. The molecule has 0 bridgehead atoms. The van der Waals surface area contributed by atoms with Gasteiger partial charge >= 0.3 is 0 Å². The molecule has 0 fully saturated rings. The summed E-state index contributed by atoms with van der Waals surface area (Å²) in [6, 6.07) is 6.00. The van der Waals surface area contributed by atoms with Crippen molar-refractivity contribution in [3.63, 3.8) is 0 Å². The van der Waals surface area contributed by atoms with E-state index in [-0.39, 0.29) is 12.7 Å². The number of ether oxygens (including phenoxy) is 1. The van der Waals surface area contributed by atoms with Gasteiger partial charge in [0.15, 0.2) is 0 Å². The van der Waals surface area contributed by atoms with Gasteiger partial charge < -0.3 is 9.84 Å². The number of benzene rings is 1. The van der Waals surface area contributed by atoms with Crippen LogP contribution in [0.5, 0.6) is 5.75 Å². The second-order valence-electron chi connectivity index (χ2n) is 3.84. The van der Waals surface area contributed by atoms with Crippen molar-refractivity contribution in [1.82, 2.24) is 0 Å². The Bertz CT molecular complexity index is 395. The van der Waals surface area contributed by atoms with E-state index in [9.17, 15) is 0 Å². The number of aliphatic hydroxyl groups excluding tert-OH is 1. The van der Waals surface area contributed by atoms with E-state index in [1.807, 2.05) is 12.1 Å². The first-order valence-electron chi connectivity index (χ1n) is 4.96. The van der Waals surface area contributed by atoms with E-state index in [1.165, 1.54) is 5.56 Å². The van der Waals surface area contributed by atoms with Crippen molar-refractivity contribution >= 4 is 0 Å². The second kappa shape index (κ2) is 2.85. The summed E-state index contributed by atoms with van der Waals surface area (Å²) < 4.78 is 5.83. The van der Waals surface area contributed by atoms with Gasteiger partial charge in [0.1, 0.15) is 11.9 Å². The topological polar surface area (TPSA) is 29.5 Å². The van der Waals surface area contributed by atoms with Crippen LogP contribution in [0.1, 0.15) is 23.5 Å². The van der Waals surface area contributed by atoms with E-state index in [4.69, 9.17) is 9.84 Å². The molecule has 0 aromatic heterocycles. The van der Waals surface area contributed by atoms with Gasteiger partial charge in [0.25, 0.3) is 0 Å². The maximum Gasteiger partial charge on any atom is 0.129 e. The molecule has 1 N–H and O–H groups in total. The van der Waals surface area contributed by atoms with Gasteiger partial charge in [-0.1, -0.05) is 30.4 Å². The van der Waals surface area contributed by atoms with Crippen LogP contribution in [-0.2, 0) is 6.61 Å². The maximum atomic E-state index is 9.17. The van der Waals surface area contributed by atoms with E-state index in [0.29, 0.717) is 5.92 Å².